The predicted octanol–water partition coefficient (Wildman–Crippen LogP) is 1.07. The van der Waals surface area contributed by atoms with Gasteiger partial charge < -0.3 is 10.2 Å². The third kappa shape index (κ3) is 1.49. The lowest BCUT2D eigenvalue weighted by Crippen LogP contribution is -2.30. The fraction of sp³-hybridized carbons (Fsp3) is 0.300. The Hall–Kier alpha value is -1.51. The summed E-state index contributed by atoms with van der Waals surface area (Å²) in [7, 11) is 1.81. The number of para-hydroxylation sites is 1. The summed E-state index contributed by atoms with van der Waals surface area (Å²) in [6.45, 7) is 0.593. The summed E-state index contributed by atoms with van der Waals surface area (Å²) in [5, 5.41) is 3.21. The van der Waals surface area contributed by atoms with Crippen LogP contribution in [0.15, 0.2) is 24.3 Å². The van der Waals surface area contributed by atoms with Crippen molar-refractivity contribution in [3.63, 3.8) is 0 Å². The molecule has 0 aromatic heterocycles. The van der Waals surface area contributed by atoms with Crippen molar-refractivity contribution in [2.45, 2.75) is 6.42 Å². The van der Waals surface area contributed by atoms with Crippen LogP contribution in [0.5, 0.6) is 0 Å². The summed E-state index contributed by atoms with van der Waals surface area (Å²) < 4.78 is 0. The van der Waals surface area contributed by atoms with Crippen molar-refractivity contribution < 1.29 is 4.79 Å². The quantitative estimate of drug-likeness (QED) is 0.641. The average Bonchev–Trinajstić information content (AvgIpc) is 2.28. The number of carbonyl (C=O) groups excluding carboxylic acids is 1. The highest BCUT2D eigenvalue weighted by Gasteiger charge is 2.15. The van der Waals surface area contributed by atoms with E-state index in [0.717, 1.165) is 11.3 Å². The van der Waals surface area contributed by atoms with E-state index in [1.165, 1.54) is 0 Å². The van der Waals surface area contributed by atoms with Crippen LogP contribution in [0, 0.1) is 0 Å². The summed E-state index contributed by atoms with van der Waals surface area (Å²) in [4.78, 5) is 13.2. The number of fused-ring (bicyclic) bond motifs is 1. The van der Waals surface area contributed by atoms with Gasteiger partial charge in [0.05, 0.1) is 13.1 Å². The number of hydrogen-bond acceptors (Lipinski definition) is 2. The standard InChI is InChI=1S/C10H12N2O/c1-12-7-11-9-5-3-2-4-8(9)6-10(12)13/h2-5,11H,6-7H2,1H3. The molecule has 0 fully saturated rings. The molecule has 1 N–H and O–H groups in total. The Morgan fingerprint density at radius 1 is 1.38 bits per heavy atom. The average molecular weight is 176 g/mol. The van der Waals surface area contributed by atoms with Crippen molar-refractivity contribution in [1.29, 1.82) is 0 Å². The first-order valence-electron chi connectivity index (χ1n) is 4.33. The fourth-order valence-corrected chi connectivity index (χ4v) is 1.44. The van der Waals surface area contributed by atoms with Gasteiger partial charge in [-0.05, 0) is 11.6 Å². The van der Waals surface area contributed by atoms with Crippen LogP contribution in [0.2, 0.25) is 0 Å². The molecule has 0 radical (unpaired) electrons. The molecule has 0 saturated heterocycles. The molecule has 0 spiro atoms. The number of nitrogens with one attached hydrogen (secondary N) is 1. The van der Waals surface area contributed by atoms with E-state index in [-0.39, 0.29) is 5.91 Å². The molecule has 1 aromatic rings. The van der Waals surface area contributed by atoms with Gasteiger partial charge >= 0.3 is 0 Å². The molecular formula is C10H12N2O. The zero-order chi connectivity index (χ0) is 9.26. The highest BCUT2D eigenvalue weighted by molar-refractivity contribution is 5.81. The maximum atomic E-state index is 11.5. The maximum absolute atomic E-state index is 11.5. The number of rotatable bonds is 0. The van der Waals surface area contributed by atoms with Gasteiger partial charge in [0.15, 0.2) is 0 Å². The van der Waals surface area contributed by atoms with Crippen molar-refractivity contribution in [2.24, 2.45) is 0 Å². The van der Waals surface area contributed by atoms with Gasteiger partial charge in [-0.15, -0.1) is 0 Å². The van der Waals surface area contributed by atoms with Gasteiger partial charge in [-0.25, -0.2) is 0 Å². The van der Waals surface area contributed by atoms with Gasteiger partial charge in [-0.3, -0.25) is 4.79 Å². The van der Waals surface area contributed by atoms with Crippen LogP contribution in [0.1, 0.15) is 5.56 Å². The Morgan fingerprint density at radius 3 is 3.00 bits per heavy atom. The number of carbonyl (C=O) groups is 1. The topological polar surface area (TPSA) is 32.3 Å². The third-order valence-electron chi connectivity index (χ3n) is 2.29. The first-order chi connectivity index (χ1) is 6.27. The summed E-state index contributed by atoms with van der Waals surface area (Å²) in [6.07, 6.45) is 0.500. The Morgan fingerprint density at radius 2 is 2.15 bits per heavy atom. The van der Waals surface area contributed by atoms with E-state index in [2.05, 4.69) is 5.32 Å². The van der Waals surface area contributed by atoms with Gasteiger partial charge in [0.2, 0.25) is 5.91 Å². The Bertz CT molecular complexity index is 335. The van der Waals surface area contributed by atoms with Gasteiger partial charge in [-0.1, -0.05) is 18.2 Å². The van der Waals surface area contributed by atoms with Crippen LogP contribution in [-0.4, -0.2) is 24.5 Å². The number of likely N-dealkylation sites (N-methyl/N-ethyl adjacent to an activating group) is 1. The lowest BCUT2D eigenvalue weighted by molar-refractivity contribution is -0.128. The number of anilines is 1. The summed E-state index contributed by atoms with van der Waals surface area (Å²) >= 11 is 0. The van der Waals surface area contributed by atoms with Crippen molar-refractivity contribution in [2.75, 3.05) is 19.0 Å². The molecule has 1 heterocycles. The van der Waals surface area contributed by atoms with Gasteiger partial charge in [-0.2, -0.15) is 0 Å². The second-order valence-corrected chi connectivity index (χ2v) is 3.26. The van der Waals surface area contributed by atoms with E-state index in [9.17, 15) is 4.79 Å². The highest BCUT2D eigenvalue weighted by atomic mass is 16.2. The fourth-order valence-electron chi connectivity index (χ4n) is 1.44. The van der Waals surface area contributed by atoms with E-state index in [0.29, 0.717) is 13.1 Å². The maximum Gasteiger partial charge on any atom is 0.228 e. The van der Waals surface area contributed by atoms with Crippen molar-refractivity contribution in [3.8, 4) is 0 Å². The molecule has 1 amide bonds. The summed E-state index contributed by atoms with van der Waals surface area (Å²) in [6, 6.07) is 7.92. The largest absolute Gasteiger partial charge is 0.367 e. The molecule has 3 heteroatoms. The van der Waals surface area contributed by atoms with E-state index in [1.54, 1.807) is 11.9 Å². The molecule has 68 valence electrons. The van der Waals surface area contributed by atoms with Crippen LogP contribution in [0.4, 0.5) is 5.69 Å². The monoisotopic (exact) mass is 176 g/mol. The van der Waals surface area contributed by atoms with Crippen LogP contribution in [-0.2, 0) is 11.2 Å². The minimum absolute atomic E-state index is 0.164. The van der Waals surface area contributed by atoms with Gasteiger partial charge in [0.25, 0.3) is 0 Å². The van der Waals surface area contributed by atoms with Crippen LogP contribution in [0.25, 0.3) is 0 Å². The second kappa shape index (κ2) is 3.09. The smallest absolute Gasteiger partial charge is 0.228 e. The number of hydrogen-bond donors (Lipinski definition) is 1. The minimum atomic E-state index is 0.164. The number of benzene rings is 1. The van der Waals surface area contributed by atoms with Crippen LogP contribution < -0.4 is 5.32 Å². The van der Waals surface area contributed by atoms with E-state index >= 15 is 0 Å². The van der Waals surface area contributed by atoms with Gasteiger partial charge in [0.1, 0.15) is 0 Å². The normalized spacial score (nSPS) is 16.1. The molecule has 0 unspecified atom stereocenters. The molecule has 1 aliphatic heterocycles. The Balaban J connectivity index is 2.35. The summed E-state index contributed by atoms with van der Waals surface area (Å²) in [5.41, 5.74) is 2.15. The zero-order valence-corrected chi connectivity index (χ0v) is 7.58. The Kier molecular flexibility index (Phi) is 1.93. The zero-order valence-electron chi connectivity index (χ0n) is 7.58. The molecule has 1 aromatic carbocycles. The molecule has 0 saturated carbocycles. The molecule has 1 aliphatic rings. The SMILES string of the molecule is CN1CNc2ccccc2CC1=O. The lowest BCUT2D eigenvalue weighted by Gasteiger charge is -2.13. The van der Waals surface area contributed by atoms with E-state index < -0.39 is 0 Å². The minimum Gasteiger partial charge on any atom is -0.367 e. The molecule has 2 rings (SSSR count). The van der Waals surface area contributed by atoms with Crippen LogP contribution >= 0.6 is 0 Å². The molecule has 13 heavy (non-hydrogen) atoms. The lowest BCUT2D eigenvalue weighted by atomic mass is 10.1. The molecule has 0 bridgehead atoms. The van der Waals surface area contributed by atoms with Crippen molar-refractivity contribution in [1.82, 2.24) is 4.90 Å². The van der Waals surface area contributed by atoms with Crippen molar-refractivity contribution in [3.05, 3.63) is 29.8 Å². The number of amides is 1. The van der Waals surface area contributed by atoms with Crippen LogP contribution in [0.3, 0.4) is 0 Å². The molecule has 3 nitrogen and oxygen atoms in total. The second-order valence-electron chi connectivity index (χ2n) is 3.26. The molecule has 0 aliphatic carbocycles. The molecular weight excluding hydrogens is 164 g/mol. The van der Waals surface area contributed by atoms with E-state index in [4.69, 9.17) is 0 Å². The first kappa shape index (κ1) is 8.10. The van der Waals surface area contributed by atoms with Crippen molar-refractivity contribution >= 4 is 11.6 Å². The number of nitrogens with zero attached hydrogens (tertiary/aromatic N) is 1. The third-order valence-corrected chi connectivity index (χ3v) is 2.29. The first-order valence-corrected chi connectivity index (χ1v) is 4.33. The summed E-state index contributed by atoms with van der Waals surface area (Å²) in [5.74, 6) is 0.164. The predicted molar refractivity (Wildman–Crippen MR) is 51.4 cm³/mol. The highest BCUT2D eigenvalue weighted by Crippen LogP contribution is 2.18. The van der Waals surface area contributed by atoms with Gasteiger partial charge in [0, 0.05) is 12.7 Å². The van der Waals surface area contributed by atoms with E-state index in [1.807, 2.05) is 24.3 Å². The Labute approximate surface area is 77.4 Å². The molecule has 0 atom stereocenters.